The summed E-state index contributed by atoms with van der Waals surface area (Å²) in [5.74, 6) is 1.69. The Balaban J connectivity index is 1.96. The van der Waals surface area contributed by atoms with E-state index < -0.39 is 0 Å². The summed E-state index contributed by atoms with van der Waals surface area (Å²) in [7, 11) is 0. The van der Waals surface area contributed by atoms with Crippen LogP contribution in [-0.4, -0.2) is 9.97 Å². The molecule has 0 saturated carbocycles. The molecule has 1 aromatic heterocycles. The molecule has 0 aliphatic carbocycles. The Bertz CT molecular complexity index is 436. The molecule has 0 saturated heterocycles. The number of aromatic nitrogens is 2. The first-order valence-electron chi connectivity index (χ1n) is 4.63. The van der Waals surface area contributed by atoms with E-state index in [1.807, 2.05) is 19.1 Å². The number of rotatable bonds is 3. The van der Waals surface area contributed by atoms with Gasteiger partial charge in [0, 0.05) is 5.02 Å². The van der Waals surface area contributed by atoms with Crippen LogP contribution in [0.5, 0.6) is 5.75 Å². The Kier molecular flexibility index (Phi) is 2.92. The smallest absolute Gasteiger partial charge is 0.130 e. The minimum absolute atomic E-state index is 0.489. The maximum absolute atomic E-state index is 5.76. The van der Waals surface area contributed by atoms with Gasteiger partial charge in [0.05, 0.1) is 11.9 Å². The van der Waals surface area contributed by atoms with Crippen LogP contribution in [0, 0.1) is 6.92 Å². The number of nitrogens with one attached hydrogen (secondary N) is 1. The van der Waals surface area contributed by atoms with E-state index in [-0.39, 0.29) is 0 Å². The van der Waals surface area contributed by atoms with Gasteiger partial charge in [0.1, 0.15) is 18.2 Å². The molecule has 15 heavy (non-hydrogen) atoms. The van der Waals surface area contributed by atoms with Gasteiger partial charge in [0.2, 0.25) is 0 Å². The molecule has 1 N–H and O–H groups in total. The van der Waals surface area contributed by atoms with E-state index in [1.165, 1.54) is 0 Å². The summed E-state index contributed by atoms with van der Waals surface area (Å²) in [4.78, 5) is 7.18. The summed E-state index contributed by atoms with van der Waals surface area (Å²) in [5.41, 5.74) is 0.961. The third-order valence-electron chi connectivity index (χ3n) is 1.96. The fraction of sp³-hybridized carbons (Fsp3) is 0.182. The van der Waals surface area contributed by atoms with Crippen molar-refractivity contribution in [3.8, 4) is 5.75 Å². The molecule has 0 fully saturated rings. The predicted molar refractivity (Wildman–Crippen MR) is 59.1 cm³/mol. The molecule has 0 amide bonds. The summed E-state index contributed by atoms with van der Waals surface area (Å²) in [6.45, 7) is 2.40. The molecule has 0 aliphatic rings. The number of hydrogen-bond donors (Lipinski definition) is 1. The van der Waals surface area contributed by atoms with Crippen LogP contribution < -0.4 is 4.74 Å². The molecule has 4 heteroatoms. The van der Waals surface area contributed by atoms with Crippen LogP contribution in [0.25, 0.3) is 0 Å². The van der Waals surface area contributed by atoms with Gasteiger partial charge in [-0.3, -0.25) is 0 Å². The van der Waals surface area contributed by atoms with Crippen LogP contribution in [0.3, 0.4) is 0 Å². The molecule has 78 valence electrons. The largest absolute Gasteiger partial charge is 0.487 e. The van der Waals surface area contributed by atoms with Crippen LogP contribution in [0.2, 0.25) is 5.02 Å². The van der Waals surface area contributed by atoms with Gasteiger partial charge >= 0.3 is 0 Å². The van der Waals surface area contributed by atoms with Gasteiger partial charge in [-0.05, 0) is 31.2 Å². The average Bonchev–Trinajstić information content (AvgIpc) is 2.64. The van der Waals surface area contributed by atoms with Crippen molar-refractivity contribution >= 4 is 11.6 Å². The zero-order valence-electron chi connectivity index (χ0n) is 8.33. The zero-order valence-corrected chi connectivity index (χ0v) is 9.08. The van der Waals surface area contributed by atoms with E-state index in [9.17, 15) is 0 Å². The number of halogens is 1. The van der Waals surface area contributed by atoms with E-state index >= 15 is 0 Å². The third-order valence-corrected chi connectivity index (χ3v) is 2.22. The first-order chi connectivity index (χ1) is 7.24. The van der Waals surface area contributed by atoms with Gasteiger partial charge in [-0.15, -0.1) is 0 Å². The van der Waals surface area contributed by atoms with Gasteiger partial charge in [0.15, 0.2) is 0 Å². The Morgan fingerprint density at radius 3 is 2.67 bits per heavy atom. The lowest BCUT2D eigenvalue weighted by Crippen LogP contribution is -1.95. The quantitative estimate of drug-likeness (QED) is 0.867. The lowest BCUT2D eigenvalue weighted by atomic mass is 10.3. The fourth-order valence-electron chi connectivity index (χ4n) is 1.24. The van der Waals surface area contributed by atoms with Crippen molar-refractivity contribution in [2.24, 2.45) is 0 Å². The SMILES string of the molecule is Cc1ncc(COc2ccc(Cl)cc2)[nH]1. The van der Waals surface area contributed by atoms with Crippen LogP contribution >= 0.6 is 11.6 Å². The second-order valence-corrected chi connectivity index (χ2v) is 3.67. The lowest BCUT2D eigenvalue weighted by molar-refractivity contribution is 0.302. The highest BCUT2D eigenvalue weighted by atomic mass is 35.5. The minimum Gasteiger partial charge on any atom is -0.487 e. The molecule has 1 heterocycles. The normalized spacial score (nSPS) is 10.3. The van der Waals surface area contributed by atoms with E-state index in [4.69, 9.17) is 16.3 Å². The molecule has 2 rings (SSSR count). The van der Waals surface area contributed by atoms with Crippen LogP contribution in [0.4, 0.5) is 0 Å². The highest BCUT2D eigenvalue weighted by molar-refractivity contribution is 6.30. The Morgan fingerprint density at radius 2 is 2.07 bits per heavy atom. The Hall–Kier alpha value is -1.48. The molecule has 1 aromatic carbocycles. The van der Waals surface area contributed by atoms with Crippen molar-refractivity contribution in [1.82, 2.24) is 9.97 Å². The first kappa shape index (κ1) is 10.1. The number of benzene rings is 1. The Labute approximate surface area is 93.1 Å². The highest BCUT2D eigenvalue weighted by Gasteiger charge is 1.98. The topological polar surface area (TPSA) is 37.9 Å². The Morgan fingerprint density at radius 1 is 1.33 bits per heavy atom. The summed E-state index contributed by atoms with van der Waals surface area (Å²) in [6, 6.07) is 7.28. The van der Waals surface area contributed by atoms with Crippen LogP contribution in [0.15, 0.2) is 30.5 Å². The van der Waals surface area contributed by atoms with Crippen molar-refractivity contribution < 1.29 is 4.74 Å². The molecule has 3 nitrogen and oxygen atoms in total. The van der Waals surface area contributed by atoms with E-state index in [2.05, 4.69) is 9.97 Å². The molecular weight excluding hydrogens is 212 g/mol. The number of imidazole rings is 1. The number of nitrogens with zero attached hydrogens (tertiary/aromatic N) is 1. The standard InChI is InChI=1S/C11H11ClN2O/c1-8-13-6-10(14-8)7-15-11-4-2-9(12)3-5-11/h2-6H,7H2,1H3,(H,13,14). The van der Waals surface area contributed by atoms with Gasteiger partial charge in [-0.25, -0.2) is 4.98 Å². The summed E-state index contributed by atoms with van der Waals surface area (Å²) in [5, 5.41) is 0.708. The van der Waals surface area contributed by atoms with Crippen LogP contribution in [0.1, 0.15) is 11.5 Å². The minimum atomic E-state index is 0.489. The molecule has 2 aromatic rings. The number of H-pyrrole nitrogens is 1. The van der Waals surface area contributed by atoms with Gasteiger partial charge in [-0.1, -0.05) is 11.6 Å². The van der Waals surface area contributed by atoms with Crippen LogP contribution in [-0.2, 0) is 6.61 Å². The maximum atomic E-state index is 5.76. The van der Waals surface area contributed by atoms with Gasteiger partial charge in [0.25, 0.3) is 0 Å². The van der Waals surface area contributed by atoms with E-state index in [1.54, 1.807) is 18.3 Å². The molecule has 0 spiro atoms. The summed E-state index contributed by atoms with van der Waals surface area (Å²) in [6.07, 6.45) is 1.77. The molecule has 0 radical (unpaired) electrons. The molecular formula is C11H11ClN2O. The van der Waals surface area contributed by atoms with Crippen molar-refractivity contribution in [1.29, 1.82) is 0 Å². The maximum Gasteiger partial charge on any atom is 0.130 e. The number of aromatic amines is 1. The number of ether oxygens (including phenoxy) is 1. The lowest BCUT2D eigenvalue weighted by Gasteiger charge is -2.03. The monoisotopic (exact) mass is 222 g/mol. The third kappa shape index (κ3) is 2.73. The van der Waals surface area contributed by atoms with Crippen molar-refractivity contribution in [3.63, 3.8) is 0 Å². The summed E-state index contributed by atoms with van der Waals surface area (Å²) >= 11 is 5.76. The van der Waals surface area contributed by atoms with Gasteiger partial charge in [-0.2, -0.15) is 0 Å². The number of hydrogen-bond acceptors (Lipinski definition) is 2. The summed E-state index contributed by atoms with van der Waals surface area (Å²) < 4.78 is 5.53. The molecule has 0 unspecified atom stereocenters. The highest BCUT2D eigenvalue weighted by Crippen LogP contribution is 2.16. The fourth-order valence-corrected chi connectivity index (χ4v) is 1.36. The van der Waals surface area contributed by atoms with Gasteiger partial charge < -0.3 is 9.72 Å². The molecule has 0 atom stereocenters. The number of aryl methyl sites for hydroxylation is 1. The van der Waals surface area contributed by atoms with E-state index in [0.717, 1.165) is 17.3 Å². The zero-order chi connectivity index (χ0) is 10.7. The molecule has 0 bridgehead atoms. The average molecular weight is 223 g/mol. The second kappa shape index (κ2) is 4.36. The predicted octanol–water partition coefficient (Wildman–Crippen LogP) is 2.95. The molecule has 0 aliphatic heterocycles. The van der Waals surface area contributed by atoms with Crippen molar-refractivity contribution in [3.05, 3.63) is 47.0 Å². The first-order valence-corrected chi connectivity index (χ1v) is 5.01. The van der Waals surface area contributed by atoms with E-state index in [0.29, 0.717) is 11.6 Å². The van der Waals surface area contributed by atoms with Crippen molar-refractivity contribution in [2.45, 2.75) is 13.5 Å². The second-order valence-electron chi connectivity index (χ2n) is 3.24. The van der Waals surface area contributed by atoms with Crippen molar-refractivity contribution in [2.75, 3.05) is 0 Å².